The molecule has 1 rings (SSSR count). The number of carboxylic acid groups (broad SMARTS) is 1. The largest absolute Gasteiger partial charge is 0.481 e. The zero-order chi connectivity index (χ0) is 15.0. The van der Waals surface area contributed by atoms with Gasteiger partial charge in [0.25, 0.3) is 0 Å². The molecule has 0 bridgehead atoms. The van der Waals surface area contributed by atoms with E-state index < -0.39 is 5.97 Å². The van der Waals surface area contributed by atoms with Crippen molar-refractivity contribution >= 4 is 12.0 Å². The van der Waals surface area contributed by atoms with Gasteiger partial charge >= 0.3 is 12.0 Å². The Labute approximate surface area is 120 Å². The number of carboxylic acids is 1. The van der Waals surface area contributed by atoms with Crippen LogP contribution in [-0.2, 0) is 9.53 Å². The molecule has 0 aromatic rings. The molecule has 2 atom stereocenters. The Balaban J connectivity index is 2.02. The first-order valence-electron chi connectivity index (χ1n) is 7.34. The van der Waals surface area contributed by atoms with E-state index in [1.54, 1.807) is 0 Å². The SMILES string of the molecule is CC(C)CCOCCNC(=O)NC1CCC(C(=O)O)C1. The maximum Gasteiger partial charge on any atom is 0.315 e. The summed E-state index contributed by atoms with van der Waals surface area (Å²) in [5.74, 6) is -0.469. The highest BCUT2D eigenvalue weighted by atomic mass is 16.5. The van der Waals surface area contributed by atoms with Crippen molar-refractivity contribution in [2.75, 3.05) is 19.8 Å². The predicted octanol–water partition coefficient (Wildman–Crippen LogP) is 1.60. The lowest BCUT2D eigenvalue weighted by atomic mass is 10.1. The second-order valence-electron chi connectivity index (χ2n) is 5.74. The van der Waals surface area contributed by atoms with Gasteiger partial charge in [-0.05, 0) is 31.6 Å². The lowest BCUT2D eigenvalue weighted by Crippen LogP contribution is -2.42. The van der Waals surface area contributed by atoms with Crippen molar-refractivity contribution in [2.45, 2.75) is 45.6 Å². The van der Waals surface area contributed by atoms with Crippen molar-refractivity contribution in [3.63, 3.8) is 0 Å². The molecule has 0 radical (unpaired) electrons. The van der Waals surface area contributed by atoms with E-state index in [-0.39, 0.29) is 18.0 Å². The van der Waals surface area contributed by atoms with Gasteiger partial charge < -0.3 is 20.5 Å². The number of rotatable bonds is 8. The average Bonchev–Trinajstić information content (AvgIpc) is 2.81. The van der Waals surface area contributed by atoms with Crippen LogP contribution in [-0.4, -0.2) is 42.9 Å². The molecule has 20 heavy (non-hydrogen) atoms. The minimum absolute atomic E-state index is 0.0297. The number of nitrogens with one attached hydrogen (secondary N) is 2. The van der Waals surface area contributed by atoms with Crippen LogP contribution in [0.2, 0.25) is 0 Å². The van der Waals surface area contributed by atoms with Gasteiger partial charge in [-0.15, -0.1) is 0 Å². The van der Waals surface area contributed by atoms with Crippen molar-refractivity contribution in [2.24, 2.45) is 11.8 Å². The van der Waals surface area contributed by atoms with Gasteiger partial charge in [0.05, 0.1) is 12.5 Å². The maximum absolute atomic E-state index is 11.6. The number of carbonyl (C=O) groups is 2. The predicted molar refractivity (Wildman–Crippen MR) is 75.6 cm³/mol. The number of hydrogen-bond donors (Lipinski definition) is 3. The van der Waals surface area contributed by atoms with Gasteiger partial charge in [-0.3, -0.25) is 4.79 Å². The van der Waals surface area contributed by atoms with Gasteiger partial charge in [-0.1, -0.05) is 13.8 Å². The van der Waals surface area contributed by atoms with Crippen LogP contribution in [0.4, 0.5) is 4.79 Å². The highest BCUT2D eigenvalue weighted by Gasteiger charge is 2.30. The molecule has 3 N–H and O–H groups in total. The first kappa shape index (κ1) is 16.8. The first-order valence-corrected chi connectivity index (χ1v) is 7.34. The van der Waals surface area contributed by atoms with Crippen LogP contribution in [0.5, 0.6) is 0 Å². The molecule has 0 spiro atoms. The molecule has 0 aliphatic heterocycles. The normalized spacial score (nSPS) is 21.9. The molecular weight excluding hydrogens is 260 g/mol. The molecule has 1 fully saturated rings. The van der Waals surface area contributed by atoms with Crippen molar-refractivity contribution in [1.29, 1.82) is 0 Å². The summed E-state index contributed by atoms with van der Waals surface area (Å²) in [6, 6.07) is -0.272. The summed E-state index contributed by atoms with van der Waals surface area (Å²) in [5.41, 5.74) is 0. The van der Waals surface area contributed by atoms with Crippen molar-refractivity contribution in [3.05, 3.63) is 0 Å². The summed E-state index contributed by atoms with van der Waals surface area (Å²) in [6.07, 6.45) is 2.91. The molecular formula is C14H26N2O4. The van der Waals surface area contributed by atoms with Crippen molar-refractivity contribution in [3.8, 4) is 0 Å². The molecule has 2 amide bonds. The molecule has 1 aliphatic carbocycles. The third kappa shape index (κ3) is 6.75. The highest BCUT2D eigenvalue weighted by molar-refractivity contribution is 5.75. The Kier molecular flexibility index (Phi) is 7.36. The van der Waals surface area contributed by atoms with Crippen LogP contribution in [0.15, 0.2) is 0 Å². The summed E-state index contributed by atoms with van der Waals surface area (Å²) in [4.78, 5) is 22.4. The summed E-state index contributed by atoms with van der Waals surface area (Å²) in [6.45, 7) is 5.97. The van der Waals surface area contributed by atoms with E-state index in [0.29, 0.717) is 38.5 Å². The Bertz CT molecular complexity index is 320. The Morgan fingerprint density at radius 2 is 2.05 bits per heavy atom. The Morgan fingerprint density at radius 3 is 2.65 bits per heavy atom. The average molecular weight is 286 g/mol. The zero-order valence-corrected chi connectivity index (χ0v) is 12.4. The van der Waals surface area contributed by atoms with Crippen LogP contribution in [0.3, 0.4) is 0 Å². The van der Waals surface area contributed by atoms with Crippen molar-refractivity contribution < 1.29 is 19.4 Å². The van der Waals surface area contributed by atoms with Gasteiger partial charge in [-0.2, -0.15) is 0 Å². The van der Waals surface area contributed by atoms with E-state index in [4.69, 9.17) is 9.84 Å². The van der Waals surface area contributed by atoms with E-state index in [1.165, 1.54) is 0 Å². The maximum atomic E-state index is 11.6. The summed E-state index contributed by atoms with van der Waals surface area (Å²) >= 11 is 0. The van der Waals surface area contributed by atoms with E-state index in [0.717, 1.165) is 12.8 Å². The van der Waals surface area contributed by atoms with E-state index >= 15 is 0 Å². The number of amides is 2. The van der Waals surface area contributed by atoms with Gasteiger partial charge in [0.1, 0.15) is 0 Å². The fourth-order valence-corrected chi connectivity index (χ4v) is 2.23. The number of carbonyl (C=O) groups excluding carboxylic acids is 1. The van der Waals surface area contributed by atoms with Crippen molar-refractivity contribution in [1.82, 2.24) is 10.6 Å². The quantitative estimate of drug-likeness (QED) is 0.591. The third-order valence-corrected chi connectivity index (χ3v) is 3.49. The van der Waals surface area contributed by atoms with Gasteiger partial charge in [0, 0.05) is 19.2 Å². The Hall–Kier alpha value is -1.30. The van der Waals surface area contributed by atoms with Crippen LogP contribution < -0.4 is 10.6 Å². The lowest BCUT2D eigenvalue weighted by molar-refractivity contribution is -0.141. The third-order valence-electron chi connectivity index (χ3n) is 3.49. The molecule has 1 aliphatic rings. The van der Waals surface area contributed by atoms with E-state index in [1.807, 2.05) is 0 Å². The van der Waals surface area contributed by atoms with Crippen LogP contribution >= 0.6 is 0 Å². The molecule has 6 heteroatoms. The van der Waals surface area contributed by atoms with Crippen LogP contribution in [0.25, 0.3) is 0 Å². The number of urea groups is 1. The monoisotopic (exact) mass is 286 g/mol. The highest BCUT2D eigenvalue weighted by Crippen LogP contribution is 2.25. The van der Waals surface area contributed by atoms with Crippen LogP contribution in [0.1, 0.15) is 39.5 Å². The molecule has 0 aromatic carbocycles. The standard InChI is InChI=1S/C14H26N2O4/c1-10(2)5-7-20-8-6-15-14(19)16-12-4-3-11(9-12)13(17)18/h10-12H,3-9H2,1-2H3,(H,17,18)(H2,15,16,19). The minimum Gasteiger partial charge on any atom is -0.481 e. The number of ether oxygens (including phenoxy) is 1. The summed E-state index contributed by atoms with van der Waals surface area (Å²) in [5, 5.41) is 14.4. The molecule has 2 unspecified atom stereocenters. The number of aliphatic carboxylic acids is 1. The molecule has 0 aromatic heterocycles. The van der Waals surface area contributed by atoms with E-state index in [9.17, 15) is 9.59 Å². The molecule has 0 saturated heterocycles. The zero-order valence-electron chi connectivity index (χ0n) is 12.4. The molecule has 116 valence electrons. The lowest BCUT2D eigenvalue weighted by Gasteiger charge is -2.13. The fourth-order valence-electron chi connectivity index (χ4n) is 2.23. The number of hydrogen-bond acceptors (Lipinski definition) is 3. The van der Waals surface area contributed by atoms with Crippen LogP contribution in [0, 0.1) is 11.8 Å². The molecule has 1 saturated carbocycles. The van der Waals surface area contributed by atoms with Gasteiger partial charge in [-0.25, -0.2) is 4.79 Å². The fraction of sp³-hybridized carbons (Fsp3) is 0.857. The smallest absolute Gasteiger partial charge is 0.315 e. The summed E-state index contributed by atoms with van der Waals surface area (Å²) in [7, 11) is 0. The van der Waals surface area contributed by atoms with E-state index in [2.05, 4.69) is 24.5 Å². The second kappa shape index (κ2) is 8.79. The molecule has 6 nitrogen and oxygen atoms in total. The summed E-state index contributed by atoms with van der Waals surface area (Å²) < 4.78 is 5.39. The first-order chi connectivity index (χ1) is 9.49. The topological polar surface area (TPSA) is 87.7 Å². The van der Waals surface area contributed by atoms with Gasteiger partial charge in [0.2, 0.25) is 0 Å². The Morgan fingerprint density at radius 1 is 1.30 bits per heavy atom. The second-order valence-corrected chi connectivity index (χ2v) is 5.74. The molecule has 0 heterocycles. The minimum atomic E-state index is -0.770. The van der Waals surface area contributed by atoms with Gasteiger partial charge in [0.15, 0.2) is 0 Å².